The third-order valence-corrected chi connectivity index (χ3v) is 17.2. The summed E-state index contributed by atoms with van der Waals surface area (Å²) in [5.41, 5.74) is 20.0. The summed E-state index contributed by atoms with van der Waals surface area (Å²) in [5, 5.41) is 15.6. The Balaban J connectivity index is 1.04. The first kappa shape index (κ1) is 40.6. The molecule has 0 bridgehead atoms. The van der Waals surface area contributed by atoms with Crippen molar-refractivity contribution in [2.75, 3.05) is 0 Å². The molecule has 0 fully saturated rings. The Morgan fingerprint density at radius 1 is 0.205 bits per heavy atom. The third-order valence-electron chi connectivity index (χ3n) is 15.9. The van der Waals surface area contributed by atoms with Gasteiger partial charge in [0.2, 0.25) is 0 Å². The maximum atomic E-state index is 2.51. The van der Waals surface area contributed by atoms with Crippen molar-refractivity contribution in [1.82, 2.24) is 0 Å². The molecule has 0 radical (unpaired) electrons. The van der Waals surface area contributed by atoms with Crippen molar-refractivity contribution < 1.29 is 0 Å². The molecule has 14 aromatic carbocycles. The van der Waals surface area contributed by atoms with Crippen LogP contribution < -0.4 is 0 Å². The average molecular weight is 939 g/mol. The third kappa shape index (κ3) is 5.89. The quantitative estimate of drug-likeness (QED) is 0.146. The van der Waals surface area contributed by atoms with Gasteiger partial charge in [0.15, 0.2) is 0 Å². The fourth-order valence-corrected chi connectivity index (χ4v) is 14.1. The molecule has 336 valence electrons. The summed E-state index contributed by atoms with van der Waals surface area (Å²) in [5.74, 6) is 0. The van der Waals surface area contributed by atoms with Gasteiger partial charge in [0.25, 0.3) is 0 Å². The summed E-state index contributed by atoms with van der Waals surface area (Å²) in [6.45, 7) is 0. The fraction of sp³-hybridized carbons (Fsp3) is 0. The molecule has 15 aromatic rings. The molecule has 1 heterocycles. The first-order valence-corrected chi connectivity index (χ1v) is 26.1. The van der Waals surface area contributed by atoms with E-state index >= 15 is 0 Å². The van der Waals surface area contributed by atoms with Crippen molar-refractivity contribution in [3.63, 3.8) is 0 Å². The molecule has 0 atom stereocenters. The second-order valence-corrected chi connectivity index (χ2v) is 20.8. The van der Waals surface area contributed by atoms with Gasteiger partial charge in [-0.3, -0.25) is 0 Å². The molecule has 0 aliphatic heterocycles. The second-order valence-electron chi connectivity index (χ2n) is 19.7. The number of fused-ring (bicyclic) bond motifs is 7. The summed E-state index contributed by atoms with van der Waals surface area (Å²) in [6, 6.07) is 95.7. The van der Waals surface area contributed by atoms with Gasteiger partial charge >= 0.3 is 0 Å². The molecular weight excluding hydrogens is 897 g/mol. The van der Waals surface area contributed by atoms with E-state index in [9.17, 15) is 0 Å². The topological polar surface area (TPSA) is 0 Å². The van der Waals surface area contributed by atoms with Crippen LogP contribution in [-0.2, 0) is 0 Å². The molecule has 0 N–H and O–H groups in total. The second kappa shape index (κ2) is 15.7. The van der Waals surface area contributed by atoms with E-state index in [1.165, 1.54) is 163 Å². The average Bonchev–Trinajstić information content (AvgIpc) is 4.01. The molecule has 0 amide bonds. The molecule has 0 saturated carbocycles. The van der Waals surface area contributed by atoms with Crippen LogP contribution >= 0.6 is 11.3 Å². The SMILES string of the molecule is c1ccc(-c2ccc(-c3ccccc3)c3c(-c4ccccc4)c4c(c(-c5ccccc5)c23)-c2cccc3c(-c5cc(-c6ccc7ccc8cccc9ccc6c7c89)cc6c5sc5ccccc56)ccc-4c23)cc1. The summed E-state index contributed by atoms with van der Waals surface area (Å²) < 4.78 is 2.62. The van der Waals surface area contributed by atoms with E-state index in [2.05, 4.69) is 255 Å². The highest BCUT2D eigenvalue weighted by Crippen LogP contribution is 2.61. The molecule has 1 heteroatoms. The minimum absolute atomic E-state index is 1.20. The minimum atomic E-state index is 1.20. The van der Waals surface area contributed by atoms with Crippen LogP contribution in [0.15, 0.2) is 255 Å². The van der Waals surface area contributed by atoms with Gasteiger partial charge in [-0.15, -0.1) is 11.3 Å². The van der Waals surface area contributed by atoms with Crippen LogP contribution in [0.2, 0.25) is 0 Å². The number of hydrogen-bond donors (Lipinski definition) is 0. The van der Waals surface area contributed by atoms with Gasteiger partial charge in [0.1, 0.15) is 0 Å². The number of thiophene rings is 1. The Morgan fingerprint density at radius 2 is 0.671 bits per heavy atom. The summed E-state index contributed by atoms with van der Waals surface area (Å²) in [6.07, 6.45) is 0. The first-order valence-electron chi connectivity index (χ1n) is 25.3. The van der Waals surface area contributed by atoms with Crippen LogP contribution in [-0.4, -0.2) is 0 Å². The highest BCUT2D eigenvalue weighted by molar-refractivity contribution is 7.26. The monoisotopic (exact) mass is 938 g/mol. The maximum Gasteiger partial charge on any atom is 0.0434 e. The first-order chi connectivity index (χ1) is 36.2. The van der Waals surface area contributed by atoms with Gasteiger partial charge in [0.05, 0.1) is 0 Å². The van der Waals surface area contributed by atoms with Gasteiger partial charge in [0, 0.05) is 25.7 Å². The summed E-state index contributed by atoms with van der Waals surface area (Å²) >= 11 is 1.92. The van der Waals surface area contributed by atoms with Crippen LogP contribution in [0, 0.1) is 0 Å². The Kier molecular flexibility index (Phi) is 8.72. The van der Waals surface area contributed by atoms with Crippen molar-refractivity contribution in [2.24, 2.45) is 0 Å². The molecular formula is C72H42S. The van der Waals surface area contributed by atoms with Crippen LogP contribution in [0.5, 0.6) is 0 Å². The lowest BCUT2D eigenvalue weighted by molar-refractivity contribution is 1.59. The Hall–Kier alpha value is -9.14. The van der Waals surface area contributed by atoms with Crippen LogP contribution in [0.4, 0.5) is 0 Å². The zero-order valence-corrected chi connectivity index (χ0v) is 40.5. The van der Waals surface area contributed by atoms with Gasteiger partial charge in [-0.2, -0.15) is 0 Å². The zero-order chi connectivity index (χ0) is 47.7. The van der Waals surface area contributed by atoms with Gasteiger partial charge < -0.3 is 0 Å². The lowest BCUT2D eigenvalue weighted by Crippen LogP contribution is -1.97. The lowest BCUT2D eigenvalue weighted by atomic mass is 9.78. The van der Waals surface area contributed by atoms with E-state index in [0.717, 1.165) is 0 Å². The van der Waals surface area contributed by atoms with Gasteiger partial charge in [-0.1, -0.05) is 237 Å². The van der Waals surface area contributed by atoms with Crippen LogP contribution in [0.1, 0.15) is 0 Å². The lowest BCUT2D eigenvalue weighted by Gasteiger charge is -2.25. The maximum absolute atomic E-state index is 2.51. The van der Waals surface area contributed by atoms with Crippen molar-refractivity contribution in [2.45, 2.75) is 0 Å². The molecule has 16 rings (SSSR count). The van der Waals surface area contributed by atoms with Crippen LogP contribution in [0.3, 0.4) is 0 Å². The highest BCUT2D eigenvalue weighted by atomic mass is 32.1. The molecule has 1 aromatic heterocycles. The largest absolute Gasteiger partial charge is 0.135 e. The number of rotatable bonds is 6. The van der Waals surface area contributed by atoms with E-state index in [-0.39, 0.29) is 0 Å². The summed E-state index contributed by atoms with van der Waals surface area (Å²) in [4.78, 5) is 0. The molecule has 73 heavy (non-hydrogen) atoms. The minimum Gasteiger partial charge on any atom is -0.135 e. The van der Waals surface area contributed by atoms with E-state index in [1.807, 2.05) is 11.3 Å². The van der Waals surface area contributed by atoms with E-state index in [1.54, 1.807) is 0 Å². The van der Waals surface area contributed by atoms with E-state index < -0.39 is 0 Å². The Bertz CT molecular complexity index is 4590. The predicted molar refractivity (Wildman–Crippen MR) is 315 cm³/mol. The fourth-order valence-electron chi connectivity index (χ4n) is 12.9. The molecule has 0 saturated heterocycles. The smallest absolute Gasteiger partial charge is 0.0434 e. The van der Waals surface area contributed by atoms with E-state index in [0.29, 0.717) is 0 Å². The van der Waals surface area contributed by atoms with Gasteiger partial charge in [-0.05, 0) is 156 Å². The van der Waals surface area contributed by atoms with Crippen molar-refractivity contribution >= 4 is 85.4 Å². The predicted octanol–water partition coefficient (Wildman–Crippen LogP) is 20.9. The van der Waals surface area contributed by atoms with E-state index in [4.69, 9.17) is 0 Å². The molecule has 0 nitrogen and oxygen atoms in total. The number of benzene rings is 14. The molecule has 1 aliphatic rings. The Morgan fingerprint density at radius 3 is 1.32 bits per heavy atom. The van der Waals surface area contributed by atoms with Crippen molar-refractivity contribution in [1.29, 1.82) is 0 Å². The molecule has 0 spiro atoms. The molecule has 1 aliphatic carbocycles. The normalized spacial score (nSPS) is 12.1. The van der Waals surface area contributed by atoms with Gasteiger partial charge in [-0.25, -0.2) is 0 Å². The Labute approximate surface area is 426 Å². The van der Waals surface area contributed by atoms with Crippen molar-refractivity contribution in [3.05, 3.63) is 255 Å². The number of hydrogen-bond acceptors (Lipinski definition) is 1. The zero-order valence-electron chi connectivity index (χ0n) is 39.7. The van der Waals surface area contributed by atoms with Crippen molar-refractivity contribution in [3.8, 4) is 89.0 Å². The standard InChI is InChI=1S/C72H42S/c1-5-17-43(18-6-1)52-37-38-53(44-19-7-2-8-20-44)69-66(46-23-11-4-12-24-46)71-59-40-39-54(56-28-16-29-58(67(56)59)70(71)65(68(52)69)45-21-9-3-10-22-45)60-41-50(42-61-55-27-13-14-30-62(55)73-72(60)61)51-35-33-49-32-31-47-25-15-26-48-34-36-57(51)64(49)63(47)48/h1-42H. The summed E-state index contributed by atoms with van der Waals surface area (Å²) in [7, 11) is 0. The van der Waals surface area contributed by atoms with Crippen LogP contribution in [0.25, 0.3) is 163 Å². The molecule has 0 unspecified atom stereocenters. The highest BCUT2D eigenvalue weighted by Gasteiger charge is 2.34.